The number of ketones is 1. The molecular weight excluding hydrogens is 248 g/mol. The smallest absolute Gasteiger partial charge is 0.163 e. The quantitative estimate of drug-likeness (QED) is 0.722. The zero-order chi connectivity index (χ0) is 13.7. The van der Waals surface area contributed by atoms with E-state index in [9.17, 15) is 4.79 Å². The van der Waals surface area contributed by atoms with Gasteiger partial charge in [0.05, 0.1) is 11.7 Å². The van der Waals surface area contributed by atoms with Gasteiger partial charge < -0.3 is 0 Å². The van der Waals surface area contributed by atoms with Crippen molar-refractivity contribution in [2.24, 2.45) is 0 Å². The fourth-order valence-corrected chi connectivity index (χ4v) is 3.11. The first kappa shape index (κ1) is 11.4. The van der Waals surface area contributed by atoms with Crippen molar-refractivity contribution in [3.05, 3.63) is 53.7 Å². The first-order valence-electron chi connectivity index (χ1n) is 6.83. The van der Waals surface area contributed by atoms with Crippen LogP contribution < -0.4 is 0 Å². The number of nitrogens with one attached hydrogen (secondary N) is 1. The van der Waals surface area contributed by atoms with Crippen molar-refractivity contribution in [3.8, 4) is 11.1 Å². The fourth-order valence-electron chi connectivity index (χ4n) is 3.11. The van der Waals surface area contributed by atoms with Gasteiger partial charge >= 0.3 is 0 Å². The molecule has 4 rings (SSSR count). The van der Waals surface area contributed by atoms with E-state index in [0.717, 1.165) is 27.6 Å². The molecule has 1 unspecified atom stereocenters. The van der Waals surface area contributed by atoms with Gasteiger partial charge in [0, 0.05) is 17.4 Å². The van der Waals surface area contributed by atoms with Crippen molar-refractivity contribution in [2.75, 3.05) is 0 Å². The Morgan fingerprint density at radius 3 is 3.00 bits per heavy atom. The van der Waals surface area contributed by atoms with Crippen LogP contribution in [0.1, 0.15) is 35.2 Å². The van der Waals surface area contributed by atoms with Crippen LogP contribution in [0.4, 0.5) is 0 Å². The molecule has 1 atom stereocenters. The Hall–Kier alpha value is -2.42. The molecule has 20 heavy (non-hydrogen) atoms. The zero-order valence-electron chi connectivity index (χ0n) is 11.2. The van der Waals surface area contributed by atoms with E-state index < -0.39 is 0 Å². The topological polar surface area (TPSA) is 45.8 Å². The van der Waals surface area contributed by atoms with Gasteiger partial charge in [-0.25, -0.2) is 0 Å². The summed E-state index contributed by atoms with van der Waals surface area (Å²) in [7, 11) is 0. The lowest BCUT2D eigenvalue weighted by atomic mass is 9.96. The molecule has 0 saturated heterocycles. The predicted octanol–water partition coefficient (Wildman–Crippen LogP) is 3.92. The van der Waals surface area contributed by atoms with E-state index in [4.69, 9.17) is 0 Å². The molecule has 0 amide bonds. The van der Waals surface area contributed by atoms with Crippen LogP contribution in [0.3, 0.4) is 0 Å². The van der Waals surface area contributed by atoms with Gasteiger partial charge in [0.1, 0.15) is 0 Å². The molecule has 0 saturated carbocycles. The normalized spacial score (nSPS) is 17.6. The highest BCUT2D eigenvalue weighted by atomic mass is 16.1. The van der Waals surface area contributed by atoms with Gasteiger partial charge in [-0.2, -0.15) is 5.10 Å². The lowest BCUT2D eigenvalue weighted by Gasteiger charge is -2.07. The van der Waals surface area contributed by atoms with Crippen LogP contribution in [0.15, 0.2) is 42.6 Å². The predicted molar refractivity (Wildman–Crippen MR) is 78.9 cm³/mol. The molecular formula is C17H14N2O. The molecule has 3 aromatic rings. The number of benzene rings is 2. The summed E-state index contributed by atoms with van der Waals surface area (Å²) in [5.74, 6) is 0.602. The third kappa shape index (κ3) is 1.53. The molecule has 1 aliphatic rings. The van der Waals surface area contributed by atoms with Crippen LogP contribution in [0.25, 0.3) is 22.0 Å². The first-order chi connectivity index (χ1) is 9.74. The largest absolute Gasteiger partial charge is 0.294 e. The Bertz CT molecular complexity index is 832. The number of rotatable bonds is 1. The van der Waals surface area contributed by atoms with Gasteiger partial charge in [-0.05, 0) is 34.7 Å². The van der Waals surface area contributed by atoms with E-state index in [1.54, 1.807) is 0 Å². The van der Waals surface area contributed by atoms with E-state index in [0.29, 0.717) is 12.3 Å². The van der Waals surface area contributed by atoms with Gasteiger partial charge in [-0.15, -0.1) is 0 Å². The molecule has 0 fully saturated rings. The lowest BCUT2D eigenvalue weighted by molar-refractivity contribution is 0.0990. The van der Waals surface area contributed by atoms with E-state index in [2.05, 4.69) is 35.3 Å². The maximum Gasteiger partial charge on any atom is 0.163 e. The van der Waals surface area contributed by atoms with Crippen LogP contribution in [0.2, 0.25) is 0 Å². The minimum absolute atomic E-state index is 0.258. The van der Waals surface area contributed by atoms with E-state index >= 15 is 0 Å². The Kier molecular flexibility index (Phi) is 2.30. The third-order valence-electron chi connectivity index (χ3n) is 4.17. The van der Waals surface area contributed by atoms with Gasteiger partial charge in [0.2, 0.25) is 0 Å². The lowest BCUT2D eigenvalue weighted by Crippen LogP contribution is -1.91. The van der Waals surface area contributed by atoms with Crippen molar-refractivity contribution < 1.29 is 4.79 Å². The molecule has 0 radical (unpaired) electrons. The minimum Gasteiger partial charge on any atom is -0.294 e. The Labute approximate surface area is 116 Å². The fraction of sp³-hybridized carbons (Fsp3) is 0.176. The summed E-state index contributed by atoms with van der Waals surface area (Å²) in [6, 6.07) is 12.3. The third-order valence-corrected chi connectivity index (χ3v) is 4.17. The number of Topliss-reactive ketones (excluding diaryl/α,β-unsaturated/α-hetero) is 1. The average molecular weight is 262 g/mol. The maximum atomic E-state index is 12.1. The number of aromatic nitrogens is 2. The van der Waals surface area contributed by atoms with E-state index in [1.807, 2.05) is 24.4 Å². The molecule has 1 N–H and O–H groups in total. The summed E-state index contributed by atoms with van der Waals surface area (Å²) in [4.78, 5) is 12.1. The minimum atomic E-state index is 0.258. The highest BCUT2D eigenvalue weighted by molar-refractivity contribution is 6.03. The van der Waals surface area contributed by atoms with Crippen molar-refractivity contribution in [2.45, 2.75) is 19.3 Å². The van der Waals surface area contributed by atoms with Crippen molar-refractivity contribution in [1.29, 1.82) is 0 Å². The number of aromatic amines is 1. The summed E-state index contributed by atoms with van der Waals surface area (Å²) >= 11 is 0. The summed E-state index contributed by atoms with van der Waals surface area (Å²) in [6.45, 7) is 2.11. The van der Waals surface area contributed by atoms with Crippen LogP contribution in [-0.4, -0.2) is 16.0 Å². The molecule has 1 heterocycles. The molecule has 0 aliphatic heterocycles. The molecule has 2 aromatic carbocycles. The van der Waals surface area contributed by atoms with Crippen molar-refractivity contribution in [1.82, 2.24) is 10.2 Å². The second kappa shape index (κ2) is 4.04. The molecule has 1 aliphatic carbocycles. The van der Waals surface area contributed by atoms with Crippen LogP contribution in [-0.2, 0) is 0 Å². The summed E-state index contributed by atoms with van der Waals surface area (Å²) in [5.41, 5.74) is 5.28. The van der Waals surface area contributed by atoms with Crippen LogP contribution >= 0.6 is 0 Å². The first-order valence-corrected chi connectivity index (χ1v) is 6.83. The average Bonchev–Trinajstić information content (AvgIpc) is 3.04. The van der Waals surface area contributed by atoms with Crippen LogP contribution in [0.5, 0.6) is 0 Å². The SMILES string of the molecule is CC1CC(=O)c2cc(-c3cccc4[nH]ncc34)ccc21. The number of fused-ring (bicyclic) bond motifs is 2. The van der Waals surface area contributed by atoms with Crippen molar-refractivity contribution in [3.63, 3.8) is 0 Å². The number of nitrogens with zero attached hydrogens (tertiary/aromatic N) is 1. The zero-order valence-corrected chi connectivity index (χ0v) is 11.2. The number of carbonyl (C=O) groups excluding carboxylic acids is 1. The molecule has 0 spiro atoms. The Morgan fingerprint density at radius 2 is 2.10 bits per heavy atom. The summed E-state index contributed by atoms with van der Waals surface area (Å²) in [6.07, 6.45) is 2.47. The van der Waals surface area contributed by atoms with Gasteiger partial charge in [-0.1, -0.05) is 31.2 Å². The second-order valence-electron chi connectivity index (χ2n) is 5.47. The summed E-state index contributed by atoms with van der Waals surface area (Å²) < 4.78 is 0. The highest BCUT2D eigenvalue weighted by Gasteiger charge is 2.26. The van der Waals surface area contributed by atoms with Gasteiger partial charge in [-0.3, -0.25) is 9.89 Å². The number of hydrogen-bond donors (Lipinski definition) is 1. The van der Waals surface area contributed by atoms with Gasteiger partial charge in [0.15, 0.2) is 5.78 Å². The summed E-state index contributed by atoms with van der Waals surface area (Å²) in [5, 5.41) is 8.16. The van der Waals surface area contributed by atoms with Crippen molar-refractivity contribution >= 4 is 16.7 Å². The molecule has 3 heteroatoms. The monoisotopic (exact) mass is 262 g/mol. The van der Waals surface area contributed by atoms with Crippen LogP contribution in [0, 0.1) is 0 Å². The maximum absolute atomic E-state index is 12.1. The molecule has 0 bridgehead atoms. The molecule has 1 aromatic heterocycles. The number of H-pyrrole nitrogens is 1. The number of hydrogen-bond acceptors (Lipinski definition) is 2. The second-order valence-corrected chi connectivity index (χ2v) is 5.47. The molecule has 3 nitrogen and oxygen atoms in total. The Morgan fingerprint density at radius 1 is 1.20 bits per heavy atom. The van der Waals surface area contributed by atoms with E-state index in [1.165, 1.54) is 5.56 Å². The highest BCUT2D eigenvalue weighted by Crippen LogP contribution is 2.36. The van der Waals surface area contributed by atoms with Gasteiger partial charge in [0.25, 0.3) is 0 Å². The Balaban J connectivity index is 1.94. The standard InChI is InChI=1S/C17H14N2O/c1-10-7-17(20)14-8-11(5-6-12(10)14)13-3-2-4-16-15(13)9-18-19-16/h2-6,8-10H,7H2,1H3,(H,18,19). The van der Waals surface area contributed by atoms with E-state index in [-0.39, 0.29) is 5.78 Å². The number of carbonyl (C=O) groups is 1. The molecule has 98 valence electrons.